The van der Waals surface area contributed by atoms with Gasteiger partial charge in [0.25, 0.3) is 0 Å². The fourth-order valence-electron chi connectivity index (χ4n) is 3.18. The Bertz CT molecular complexity index is 455. The van der Waals surface area contributed by atoms with E-state index in [1.54, 1.807) is 14.2 Å². The molecule has 0 unspecified atom stereocenters. The van der Waals surface area contributed by atoms with Crippen molar-refractivity contribution in [2.24, 2.45) is 5.92 Å². The minimum atomic E-state index is 0. The highest BCUT2D eigenvalue weighted by atomic mass is 35.5. The van der Waals surface area contributed by atoms with Gasteiger partial charge in [0, 0.05) is 38.3 Å². The molecule has 0 aromatic heterocycles. The lowest BCUT2D eigenvalue weighted by Crippen LogP contribution is -2.45. The Morgan fingerprint density at radius 1 is 1.04 bits per heavy atom. The average Bonchev–Trinajstić information content (AvgIpc) is 3.37. The third kappa shape index (κ3) is 5.42. The van der Waals surface area contributed by atoms with Crippen LogP contribution < -0.4 is 14.8 Å². The van der Waals surface area contributed by atoms with Crippen molar-refractivity contribution in [1.82, 2.24) is 10.2 Å². The highest BCUT2D eigenvalue weighted by molar-refractivity contribution is 5.85. The summed E-state index contributed by atoms with van der Waals surface area (Å²) in [7, 11) is 3.44. The SMILES string of the molecule is COc1cc(OC)cc([C@@H](CC2CC2)N2CCNCC2)c1.Cl.Cl. The lowest BCUT2D eigenvalue weighted by Gasteiger charge is -2.35. The van der Waals surface area contributed by atoms with Gasteiger partial charge in [-0.2, -0.15) is 0 Å². The maximum Gasteiger partial charge on any atom is 0.122 e. The number of methoxy groups -OCH3 is 2. The van der Waals surface area contributed by atoms with Gasteiger partial charge in [-0.05, 0) is 30.0 Å². The number of nitrogens with one attached hydrogen (secondary N) is 1. The normalized spacial score (nSPS) is 19.2. The number of hydrogen-bond donors (Lipinski definition) is 1. The molecule has 23 heavy (non-hydrogen) atoms. The van der Waals surface area contributed by atoms with E-state index in [-0.39, 0.29) is 24.8 Å². The molecule has 1 aliphatic heterocycles. The molecule has 3 rings (SSSR count). The second-order valence-electron chi connectivity index (χ2n) is 6.13. The summed E-state index contributed by atoms with van der Waals surface area (Å²) in [5.41, 5.74) is 1.33. The predicted molar refractivity (Wildman–Crippen MR) is 98.6 cm³/mol. The molecular weight excluding hydrogens is 335 g/mol. The predicted octanol–water partition coefficient (Wildman–Crippen LogP) is 3.29. The summed E-state index contributed by atoms with van der Waals surface area (Å²) in [4.78, 5) is 2.61. The van der Waals surface area contributed by atoms with Crippen LogP contribution in [0.2, 0.25) is 0 Å². The first-order valence-corrected chi connectivity index (χ1v) is 7.98. The molecule has 4 nitrogen and oxygen atoms in total. The molecule has 0 amide bonds. The van der Waals surface area contributed by atoms with Crippen LogP contribution in [0.1, 0.15) is 30.9 Å². The van der Waals surface area contributed by atoms with Crippen molar-refractivity contribution in [2.75, 3.05) is 40.4 Å². The Morgan fingerprint density at radius 2 is 1.61 bits per heavy atom. The molecule has 0 spiro atoms. The van der Waals surface area contributed by atoms with Gasteiger partial charge in [-0.1, -0.05) is 12.8 Å². The Hall–Kier alpha value is -0.680. The summed E-state index contributed by atoms with van der Waals surface area (Å²) in [6.07, 6.45) is 4.05. The van der Waals surface area contributed by atoms with Gasteiger partial charge in [0.05, 0.1) is 14.2 Å². The molecule has 1 heterocycles. The second kappa shape index (κ2) is 9.58. The van der Waals surface area contributed by atoms with E-state index >= 15 is 0 Å². The molecule has 1 atom stereocenters. The third-order valence-corrected chi connectivity index (χ3v) is 4.60. The van der Waals surface area contributed by atoms with Gasteiger partial charge in [0.15, 0.2) is 0 Å². The lowest BCUT2D eigenvalue weighted by molar-refractivity contribution is 0.160. The highest BCUT2D eigenvalue weighted by Crippen LogP contribution is 2.41. The lowest BCUT2D eigenvalue weighted by atomic mass is 9.98. The molecule has 0 radical (unpaired) electrons. The maximum atomic E-state index is 5.44. The van der Waals surface area contributed by atoms with E-state index in [0.29, 0.717) is 6.04 Å². The first-order chi connectivity index (χ1) is 10.3. The van der Waals surface area contributed by atoms with Gasteiger partial charge in [0.1, 0.15) is 11.5 Å². The van der Waals surface area contributed by atoms with Crippen LogP contribution in [-0.2, 0) is 0 Å². The largest absolute Gasteiger partial charge is 0.497 e. The molecular formula is C17H28Cl2N2O2. The van der Waals surface area contributed by atoms with Crippen molar-refractivity contribution in [2.45, 2.75) is 25.3 Å². The molecule has 0 bridgehead atoms. The first kappa shape index (κ1) is 20.4. The van der Waals surface area contributed by atoms with Crippen LogP contribution in [0.4, 0.5) is 0 Å². The molecule has 6 heteroatoms. The zero-order valence-corrected chi connectivity index (χ0v) is 15.5. The minimum Gasteiger partial charge on any atom is -0.497 e. The van der Waals surface area contributed by atoms with Crippen molar-refractivity contribution >= 4 is 24.8 Å². The van der Waals surface area contributed by atoms with Crippen LogP contribution in [0, 0.1) is 5.92 Å². The topological polar surface area (TPSA) is 33.7 Å². The number of hydrogen-bond acceptors (Lipinski definition) is 4. The van der Waals surface area contributed by atoms with Crippen molar-refractivity contribution in [3.05, 3.63) is 23.8 Å². The maximum absolute atomic E-state index is 5.44. The molecule has 1 saturated heterocycles. The molecule has 1 aromatic carbocycles. The molecule has 1 aliphatic carbocycles. The molecule has 1 saturated carbocycles. The molecule has 2 fully saturated rings. The summed E-state index contributed by atoms with van der Waals surface area (Å²) in [6, 6.07) is 6.80. The van der Waals surface area contributed by atoms with Crippen LogP contribution in [-0.4, -0.2) is 45.3 Å². The van der Waals surface area contributed by atoms with E-state index in [4.69, 9.17) is 9.47 Å². The Labute approximate surface area is 151 Å². The van der Waals surface area contributed by atoms with Gasteiger partial charge in [-0.25, -0.2) is 0 Å². The van der Waals surface area contributed by atoms with Gasteiger partial charge >= 0.3 is 0 Å². The minimum absolute atomic E-state index is 0. The van der Waals surface area contributed by atoms with Crippen molar-refractivity contribution in [1.29, 1.82) is 0 Å². The van der Waals surface area contributed by atoms with Crippen molar-refractivity contribution in [3.63, 3.8) is 0 Å². The van der Waals surface area contributed by atoms with E-state index in [1.165, 1.54) is 24.8 Å². The summed E-state index contributed by atoms with van der Waals surface area (Å²) < 4.78 is 10.9. The van der Waals surface area contributed by atoms with E-state index < -0.39 is 0 Å². The number of halogens is 2. The summed E-state index contributed by atoms with van der Waals surface area (Å²) in [5, 5.41) is 3.44. The standard InChI is InChI=1S/C17H26N2O2.2ClH/c1-20-15-10-14(11-16(12-15)21-2)17(9-13-3-4-13)19-7-5-18-6-8-19;;/h10-13,17-18H,3-9H2,1-2H3;2*1H/t17-;;/m1../s1. The van der Waals surface area contributed by atoms with Gasteiger partial charge < -0.3 is 14.8 Å². The van der Waals surface area contributed by atoms with Gasteiger partial charge in [-0.15, -0.1) is 24.8 Å². The fraction of sp³-hybridized carbons (Fsp3) is 0.647. The number of piperazine rings is 1. The van der Waals surface area contributed by atoms with Crippen LogP contribution in [0.3, 0.4) is 0 Å². The molecule has 1 N–H and O–H groups in total. The van der Waals surface area contributed by atoms with E-state index in [2.05, 4.69) is 22.3 Å². The molecule has 2 aliphatic rings. The second-order valence-corrected chi connectivity index (χ2v) is 6.13. The number of benzene rings is 1. The van der Waals surface area contributed by atoms with Crippen LogP contribution >= 0.6 is 24.8 Å². The van der Waals surface area contributed by atoms with Gasteiger partial charge in [0.2, 0.25) is 0 Å². The van der Waals surface area contributed by atoms with Crippen molar-refractivity contribution < 1.29 is 9.47 Å². The Balaban J connectivity index is 0.00000132. The van der Waals surface area contributed by atoms with Crippen LogP contribution in [0.25, 0.3) is 0 Å². The monoisotopic (exact) mass is 362 g/mol. The smallest absolute Gasteiger partial charge is 0.122 e. The zero-order chi connectivity index (χ0) is 14.7. The highest BCUT2D eigenvalue weighted by Gasteiger charge is 2.30. The Kier molecular flexibility index (Phi) is 8.48. The van der Waals surface area contributed by atoms with Gasteiger partial charge in [-0.3, -0.25) is 4.90 Å². The number of nitrogens with zero attached hydrogens (tertiary/aromatic N) is 1. The van der Waals surface area contributed by atoms with Crippen molar-refractivity contribution in [3.8, 4) is 11.5 Å². The third-order valence-electron chi connectivity index (χ3n) is 4.60. The van der Waals surface area contributed by atoms with E-state index in [9.17, 15) is 0 Å². The quantitative estimate of drug-likeness (QED) is 0.841. The molecule has 132 valence electrons. The number of rotatable bonds is 6. The summed E-state index contributed by atoms with van der Waals surface area (Å²) in [6.45, 7) is 4.42. The molecule has 1 aromatic rings. The summed E-state index contributed by atoms with van der Waals surface area (Å²) in [5.74, 6) is 2.68. The fourth-order valence-corrected chi connectivity index (χ4v) is 3.18. The van der Waals surface area contributed by atoms with Crippen LogP contribution in [0.5, 0.6) is 11.5 Å². The number of ether oxygens (including phenoxy) is 2. The van der Waals surface area contributed by atoms with Crippen LogP contribution in [0.15, 0.2) is 18.2 Å². The summed E-state index contributed by atoms with van der Waals surface area (Å²) >= 11 is 0. The zero-order valence-electron chi connectivity index (χ0n) is 13.9. The Morgan fingerprint density at radius 3 is 2.09 bits per heavy atom. The average molecular weight is 363 g/mol. The van der Waals surface area contributed by atoms with E-state index in [1.807, 2.05) is 6.07 Å². The van der Waals surface area contributed by atoms with E-state index in [0.717, 1.165) is 43.6 Å². The first-order valence-electron chi connectivity index (χ1n) is 7.98.